The fourth-order valence-corrected chi connectivity index (χ4v) is 7.00. The lowest BCUT2D eigenvalue weighted by molar-refractivity contribution is -0.144. The fraction of sp³-hybridized carbons (Fsp3) is 0.531. The molecule has 1 saturated heterocycles. The van der Waals surface area contributed by atoms with Crippen molar-refractivity contribution in [2.45, 2.75) is 74.5 Å². The molecule has 0 radical (unpaired) electrons. The van der Waals surface area contributed by atoms with E-state index in [-0.39, 0.29) is 31.3 Å². The molecule has 3 aliphatic rings. The van der Waals surface area contributed by atoms with Gasteiger partial charge in [-0.25, -0.2) is 4.79 Å². The number of ketones is 1. The molecular weight excluding hydrogens is 607 g/mol. The maximum atomic E-state index is 14.3. The van der Waals surface area contributed by atoms with Crippen LogP contribution in [0.4, 0.5) is 4.79 Å². The molecule has 12 heteroatoms. The van der Waals surface area contributed by atoms with Gasteiger partial charge in [0.25, 0.3) is 5.91 Å². The Balaban J connectivity index is 1.59. The van der Waals surface area contributed by atoms with Crippen LogP contribution < -0.4 is 16.0 Å². The first-order valence-electron chi connectivity index (χ1n) is 14.8. The van der Waals surface area contributed by atoms with Crippen LogP contribution in [0.3, 0.4) is 0 Å². The van der Waals surface area contributed by atoms with E-state index in [0.717, 1.165) is 11.1 Å². The number of benzene rings is 1. The second-order valence-corrected chi connectivity index (χ2v) is 14.0. The minimum absolute atomic E-state index is 0.0828. The largest absolute Gasteiger partial charge is 0.444 e. The van der Waals surface area contributed by atoms with Crippen molar-refractivity contribution in [3.63, 3.8) is 0 Å². The van der Waals surface area contributed by atoms with Crippen molar-refractivity contribution in [3.8, 4) is 0 Å². The Labute approximate surface area is 267 Å². The van der Waals surface area contributed by atoms with Crippen LogP contribution >= 0.6 is 23.2 Å². The lowest BCUT2D eigenvalue weighted by Gasteiger charge is -2.35. The smallest absolute Gasteiger partial charge is 0.408 e. The summed E-state index contributed by atoms with van der Waals surface area (Å²) in [5, 5.41) is 7.90. The van der Waals surface area contributed by atoms with Gasteiger partial charge in [-0.3, -0.25) is 19.2 Å². The van der Waals surface area contributed by atoms with Crippen molar-refractivity contribution in [3.05, 3.63) is 60.7 Å². The number of carbonyl (C=O) groups is 5. The van der Waals surface area contributed by atoms with Crippen LogP contribution in [0.1, 0.15) is 44.7 Å². The predicted molar refractivity (Wildman–Crippen MR) is 167 cm³/mol. The highest BCUT2D eigenvalue weighted by atomic mass is 35.5. The number of fused-ring (bicyclic) bond motifs is 2. The Morgan fingerprint density at radius 2 is 1.70 bits per heavy atom. The lowest BCUT2D eigenvalue weighted by atomic mass is 9.94. The Kier molecular flexibility index (Phi) is 10.1. The van der Waals surface area contributed by atoms with E-state index in [1.807, 2.05) is 24.3 Å². The standard InChI is InChI=1S/C32H40Cl2N4O6/c1-6-8-13-22(26(39)28(41)35-14-7-2)36-27(40)25-23-21(32(23,33)34)17-38(25)29(42)24(37-30(43)44-31(3,4)5)20-15-18-11-9-10-12-19(18)16-20/h6-7,9-12,20-25H,1-2,8,13-17H2,3-5H3,(H,35,41)(H,36,40)(H,37,43)/t21?,22?,23?,24-,25?/m0/s1. The van der Waals surface area contributed by atoms with E-state index >= 15 is 0 Å². The number of rotatable bonds is 12. The summed E-state index contributed by atoms with van der Waals surface area (Å²) >= 11 is 13.1. The first-order chi connectivity index (χ1) is 20.7. The molecule has 1 heterocycles. The van der Waals surface area contributed by atoms with Gasteiger partial charge in [0.2, 0.25) is 17.6 Å². The number of carbonyl (C=O) groups excluding carboxylic acids is 5. The van der Waals surface area contributed by atoms with Gasteiger partial charge in [0.15, 0.2) is 0 Å². The second kappa shape index (κ2) is 13.3. The number of piperidine rings is 1. The summed E-state index contributed by atoms with van der Waals surface area (Å²) in [6, 6.07) is 4.54. The molecule has 3 N–H and O–H groups in total. The zero-order valence-corrected chi connectivity index (χ0v) is 26.7. The number of nitrogens with one attached hydrogen (secondary N) is 3. The molecule has 2 aliphatic carbocycles. The van der Waals surface area contributed by atoms with E-state index in [0.29, 0.717) is 19.3 Å². The zero-order chi connectivity index (χ0) is 32.4. The Bertz CT molecular complexity index is 1320. The van der Waals surface area contributed by atoms with E-state index in [2.05, 4.69) is 29.1 Å². The summed E-state index contributed by atoms with van der Waals surface area (Å²) in [6.45, 7) is 12.5. The van der Waals surface area contributed by atoms with Crippen molar-refractivity contribution < 1.29 is 28.7 Å². The SMILES string of the molecule is C=CCCC(NC(=O)C1C2C(CN1C(=O)[C@@H](NC(=O)OC(C)(C)C)C1Cc3ccccc3C1)C2(Cl)Cl)C(=O)C(=O)NCC=C. The number of hydrogen-bond acceptors (Lipinski definition) is 6. The fourth-order valence-electron chi connectivity index (χ4n) is 6.18. The van der Waals surface area contributed by atoms with Crippen molar-refractivity contribution >= 4 is 52.8 Å². The molecule has 238 valence electrons. The summed E-state index contributed by atoms with van der Waals surface area (Å²) in [7, 11) is 0. The second-order valence-electron chi connectivity index (χ2n) is 12.6. The summed E-state index contributed by atoms with van der Waals surface area (Å²) in [5.74, 6) is -4.09. The molecule has 0 bridgehead atoms. The van der Waals surface area contributed by atoms with Gasteiger partial charge in [0.1, 0.15) is 22.0 Å². The van der Waals surface area contributed by atoms with Crippen LogP contribution in [0, 0.1) is 17.8 Å². The monoisotopic (exact) mass is 646 g/mol. The Hall–Kier alpha value is -3.37. The minimum atomic E-state index is -1.24. The van der Waals surface area contributed by atoms with E-state index in [1.54, 1.807) is 26.8 Å². The normalized spacial score (nSPS) is 22.9. The summed E-state index contributed by atoms with van der Waals surface area (Å²) in [4.78, 5) is 68.0. The highest BCUT2D eigenvalue weighted by molar-refractivity contribution is 6.51. The number of nitrogens with zero attached hydrogens (tertiary/aromatic N) is 1. The van der Waals surface area contributed by atoms with Crippen LogP contribution in [-0.4, -0.2) is 75.6 Å². The van der Waals surface area contributed by atoms with Crippen molar-refractivity contribution in [2.24, 2.45) is 17.8 Å². The maximum Gasteiger partial charge on any atom is 0.408 e. The lowest BCUT2D eigenvalue weighted by Crippen LogP contribution is -2.60. The molecular formula is C32H40Cl2N4O6. The van der Waals surface area contributed by atoms with Crippen LogP contribution in [0.2, 0.25) is 0 Å². The summed E-state index contributed by atoms with van der Waals surface area (Å²) in [5.41, 5.74) is 1.37. The van der Waals surface area contributed by atoms with E-state index in [9.17, 15) is 24.0 Å². The molecule has 10 nitrogen and oxygen atoms in total. The van der Waals surface area contributed by atoms with Crippen LogP contribution in [0.15, 0.2) is 49.6 Å². The zero-order valence-electron chi connectivity index (χ0n) is 25.2. The minimum Gasteiger partial charge on any atom is -0.444 e. The summed E-state index contributed by atoms with van der Waals surface area (Å²) in [6.07, 6.45) is 3.83. The van der Waals surface area contributed by atoms with Gasteiger partial charge in [-0.1, -0.05) is 36.4 Å². The van der Waals surface area contributed by atoms with Gasteiger partial charge < -0.3 is 25.6 Å². The molecule has 0 aromatic heterocycles. The number of Topliss-reactive ketones (excluding diaryl/α,β-unsaturated/α-hetero) is 1. The first kappa shape index (κ1) is 33.5. The van der Waals surface area contributed by atoms with Gasteiger partial charge >= 0.3 is 6.09 Å². The van der Waals surface area contributed by atoms with E-state index in [4.69, 9.17) is 27.9 Å². The maximum absolute atomic E-state index is 14.3. The van der Waals surface area contributed by atoms with Gasteiger partial charge in [-0.2, -0.15) is 0 Å². The molecule has 4 rings (SSSR count). The van der Waals surface area contributed by atoms with Crippen LogP contribution in [-0.2, 0) is 36.8 Å². The number of likely N-dealkylation sites (tertiary alicyclic amines) is 1. The number of alkyl carbamates (subject to hydrolysis) is 1. The van der Waals surface area contributed by atoms with E-state index in [1.165, 1.54) is 11.0 Å². The molecule has 1 aliphatic heterocycles. The number of allylic oxidation sites excluding steroid dienone is 1. The molecule has 4 amide bonds. The van der Waals surface area contributed by atoms with Gasteiger partial charge in [0.05, 0.1) is 6.04 Å². The average Bonchev–Trinajstić information content (AvgIpc) is 3.33. The Morgan fingerprint density at radius 1 is 1.07 bits per heavy atom. The van der Waals surface area contributed by atoms with Crippen LogP contribution in [0.25, 0.3) is 0 Å². The number of amides is 4. The number of alkyl halides is 2. The molecule has 0 spiro atoms. The number of hydrogen-bond donors (Lipinski definition) is 3. The quantitative estimate of drug-likeness (QED) is 0.181. The number of halogens is 2. The molecule has 5 atom stereocenters. The third-order valence-electron chi connectivity index (χ3n) is 8.30. The predicted octanol–water partition coefficient (Wildman–Crippen LogP) is 3.25. The van der Waals surface area contributed by atoms with Gasteiger partial charge in [-0.15, -0.1) is 36.4 Å². The highest BCUT2D eigenvalue weighted by Crippen LogP contribution is 2.65. The Morgan fingerprint density at radius 3 is 2.27 bits per heavy atom. The molecule has 44 heavy (non-hydrogen) atoms. The highest BCUT2D eigenvalue weighted by Gasteiger charge is 2.74. The molecule has 1 saturated carbocycles. The van der Waals surface area contributed by atoms with E-state index < -0.39 is 63.6 Å². The van der Waals surface area contributed by atoms with Crippen LogP contribution in [0.5, 0.6) is 0 Å². The third kappa shape index (κ3) is 7.29. The van der Waals surface area contributed by atoms with Gasteiger partial charge in [0, 0.05) is 24.9 Å². The topological polar surface area (TPSA) is 134 Å². The number of ether oxygens (including phenoxy) is 1. The van der Waals surface area contributed by atoms with Crippen molar-refractivity contribution in [2.75, 3.05) is 13.1 Å². The van der Waals surface area contributed by atoms with Crippen molar-refractivity contribution in [1.82, 2.24) is 20.9 Å². The third-order valence-corrected chi connectivity index (χ3v) is 9.36. The molecule has 2 fully saturated rings. The van der Waals surface area contributed by atoms with Crippen molar-refractivity contribution in [1.29, 1.82) is 0 Å². The average molecular weight is 648 g/mol. The first-order valence-corrected chi connectivity index (χ1v) is 15.5. The molecule has 1 aromatic rings. The molecule has 4 unspecified atom stereocenters. The summed E-state index contributed by atoms with van der Waals surface area (Å²) < 4.78 is 4.25. The van der Waals surface area contributed by atoms with Gasteiger partial charge in [-0.05, 0) is 63.5 Å². The molecule has 1 aromatic carbocycles.